The van der Waals surface area contributed by atoms with Crippen LogP contribution in [0.25, 0.3) is 11.3 Å². The van der Waals surface area contributed by atoms with Crippen LogP contribution < -0.4 is 0 Å². The fourth-order valence-electron chi connectivity index (χ4n) is 3.03. The van der Waals surface area contributed by atoms with E-state index in [9.17, 15) is 0 Å². The first kappa shape index (κ1) is 15.1. The standard InChI is InChI=1S/C20H22N4/c1-23-13-12-22-20(23)15-24(18-9-10-18)14-16-5-7-17(8-6-16)19-4-2-3-11-21-19/h2-8,11-13,18H,9-10,14-15H2,1H3. The van der Waals surface area contributed by atoms with Gasteiger partial charge >= 0.3 is 0 Å². The number of hydrogen-bond acceptors (Lipinski definition) is 3. The maximum atomic E-state index is 4.47. The second kappa shape index (κ2) is 6.57. The van der Waals surface area contributed by atoms with Crippen molar-refractivity contribution in [1.82, 2.24) is 19.4 Å². The van der Waals surface area contributed by atoms with Crippen molar-refractivity contribution >= 4 is 0 Å². The average Bonchev–Trinajstić information content (AvgIpc) is 3.40. The molecule has 0 bridgehead atoms. The summed E-state index contributed by atoms with van der Waals surface area (Å²) in [6.07, 6.45) is 8.34. The Kier molecular flexibility index (Phi) is 4.13. The van der Waals surface area contributed by atoms with Crippen molar-refractivity contribution in [1.29, 1.82) is 0 Å². The van der Waals surface area contributed by atoms with Gasteiger partial charge in [0.25, 0.3) is 0 Å². The van der Waals surface area contributed by atoms with E-state index in [0.29, 0.717) is 6.04 Å². The predicted molar refractivity (Wildman–Crippen MR) is 95.2 cm³/mol. The lowest BCUT2D eigenvalue weighted by molar-refractivity contribution is 0.237. The summed E-state index contributed by atoms with van der Waals surface area (Å²) in [5.41, 5.74) is 3.54. The lowest BCUT2D eigenvalue weighted by atomic mass is 10.1. The predicted octanol–water partition coefficient (Wildman–Crippen LogP) is 3.65. The van der Waals surface area contributed by atoms with Gasteiger partial charge in [-0.1, -0.05) is 30.3 Å². The third-order valence-corrected chi connectivity index (χ3v) is 4.63. The Bertz CT molecular complexity index is 788. The molecule has 4 nitrogen and oxygen atoms in total. The number of aryl methyl sites for hydroxylation is 1. The number of aromatic nitrogens is 3. The molecule has 1 fully saturated rings. The maximum Gasteiger partial charge on any atom is 0.122 e. The van der Waals surface area contributed by atoms with Crippen molar-refractivity contribution in [2.75, 3.05) is 0 Å². The summed E-state index contributed by atoms with van der Waals surface area (Å²) in [5, 5.41) is 0. The molecular weight excluding hydrogens is 296 g/mol. The smallest absolute Gasteiger partial charge is 0.122 e. The third kappa shape index (κ3) is 3.39. The van der Waals surface area contributed by atoms with Crippen LogP contribution in [0.4, 0.5) is 0 Å². The van der Waals surface area contributed by atoms with Crippen LogP contribution in [-0.4, -0.2) is 25.5 Å². The van der Waals surface area contributed by atoms with Gasteiger partial charge in [-0.15, -0.1) is 0 Å². The SMILES string of the molecule is Cn1ccnc1CN(Cc1ccc(-c2ccccn2)cc1)C1CC1. The normalized spacial score (nSPS) is 14.2. The molecule has 0 N–H and O–H groups in total. The minimum atomic E-state index is 0.706. The van der Waals surface area contributed by atoms with E-state index in [0.717, 1.165) is 24.6 Å². The summed E-state index contributed by atoms with van der Waals surface area (Å²) in [6, 6.07) is 15.5. The zero-order valence-corrected chi connectivity index (χ0v) is 14.0. The number of pyridine rings is 1. The molecule has 0 atom stereocenters. The summed E-state index contributed by atoms with van der Waals surface area (Å²) in [7, 11) is 2.06. The maximum absolute atomic E-state index is 4.47. The van der Waals surface area contributed by atoms with Crippen LogP contribution in [0, 0.1) is 0 Å². The molecule has 1 aromatic carbocycles. The molecule has 0 radical (unpaired) electrons. The number of hydrogen-bond donors (Lipinski definition) is 0. The highest BCUT2D eigenvalue weighted by Gasteiger charge is 2.29. The molecule has 0 amide bonds. The second-order valence-electron chi connectivity index (χ2n) is 6.50. The molecule has 1 aliphatic rings. The molecule has 2 heterocycles. The van der Waals surface area contributed by atoms with Gasteiger partial charge in [0, 0.05) is 43.8 Å². The number of benzene rings is 1. The Morgan fingerprint density at radius 2 is 1.83 bits per heavy atom. The Morgan fingerprint density at radius 3 is 2.46 bits per heavy atom. The molecule has 122 valence electrons. The molecule has 0 spiro atoms. The van der Waals surface area contributed by atoms with Gasteiger partial charge < -0.3 is 4.57 Å². The van der Waals surface area contributed by atoms with E-state index in [4.69, 9.17) is 0 Å². The highest BCUT2D eigenvalue weighted by molar-refractivity contribution is 5.58. The van der Waals surface area contributed by atoms with Gasteiger partial charge in [-0.25, -0.2) is 4.98 Å². The van der Waals surface area contributed by atoms with Crippen LogP contribution in [0.15, 0.2) is 61.1 Å². The first-order valence-corrected chi connectivity index (χ1v) is 8.50. The Balaban J connectivity index is 1.48. The van der Waals surface area contributed by atoms with Gasteiger partial charge in [0.05, 0.1) is 12.2 Å². The summed E-state index contributed by atoms with van der Waals surface area (Å²) >= 11 is 0. The van der Waals surface area contributed by atoms with E-state index in [-0.39, 0.29) is 0 Å². The van der Waals surface area contributed by atoms with Crippen LogP contribution in [0.1, 0.15) is 24.2 Å². The monoisotopic (exact) mass is 318 g/mol. The molecule has 1 aliphatic carbocycles. The first-order valence-electron chi connectivity index (χ1n) is 8.50. The van der Waals surface area contributed by atoms with Gasteiger partial charge in [-0.3, -0.25) is 9.88 Å². The van der Waals surface area contributed by atoms with Crippen molar-refractivity contribution in [3.63, 3.8) is 0 Å². The van der Waals surface area contributed by atoms with E-state index < -0.39 is 0 Å². The van der Waals surface area contributed by atoms with E-state index in [1.165, 1.54) is 24.0 Å². The Hall–Kier alpha value is -2.46. The van der Waals surface area contributed by atoms with Crippen LogP contribution in [-0.2, 0) is 20.1 Å². The molecule has 0 saturated heterocycles. The van der Waals surface area contributed by atoms with Gasteiger partial charge in [0.15, 0.2) is 0 Å². The summed E-state index contributed by atoms with van der Waals surface area (Å²) in [6.45, 7) is 1.89. The molecule has 0 aliphatic heterocycles. The van der Waals surface area contributed by atoms with E-state index in [1.54, 1.807) is 0 Å². The van der Waals surface area contributed by atoms with Crippen LogP contribution in [0.5, 0.6) is 0 Å². The molecular formula is C20H22N4. The van der Waals surface area contributed by atoms with Crippen molar-refractivity contribution in [3.8, 4) is 11.3 Å². The molecule has 3 aromatic rings. The third-order valence-electron chi connectivity index (χ3n) is 4.63. The molecule has 1 saturated carbocycles. The minimum absolute atomic E-state index is 0.706. The van der Waals surface area contributed by atoms with Gasteiger partial charge in [0.2, 0.25) is 0 Å². The van der Waals surface area contributed by atoms with Crippen molar-refractivity contribution in [2.45, 2.75) is 32.0 Å². The van der Waals surface area contributed by atoms with Gasteiger partial charge in [0.1, 0.15) is 5.82 Å². The largest absolute Gasteiger partial charge is 0.337 e. The zero-order chi connectivity index (χ0) is 16.4. The van der Waals surface area contributed by atoms with Crippen molar-refractivity contribution in [3.05, 3.63) is 72.4 Å². The lowest BCUT2D eigenvalue weighted by Crippen LogP contribution is -2.26. The highest BCUT2D eigenvalue weighted by Crippen LogP contribution is 2.30. The topological polar surface area (TPSA) is 34.0 Å². The summed E-state index contributed by atoms with van der Waals surface area (Å²) < 4.78 is 2.11. The summed E-state index contributed by atoms with van der Waals surface area (Å²) in [4.78, 5) is 11.4. The van der Waals surface area contributed by atoms with Gasteiger partial charge in [-0.2, -0.15) is 0 Å². The van der Waals surface area contributed by atoms with Crippen LogP contribution in [0.2, 0.25) is 0 Å². The molecule has 2 aromatic heterocycles. The highest BCUT2D eigenvalue weighted by atomic mass is 15.2. The number of imidazole rings is 1. The second-order valence-corrected chi connectivity index (χ2v) is 6.50. The minimum Gasteiger partial charge on any atom is -0.337 e. The van der Waals surface area contributed by atoms with E-state index in [2.05, 4.69) is 50.7 Å². The number of nitrogens with zero attached hydrogens (tertiary/aromatic N) is 4. The molecule has 4 heteroatoms. The van der Waals surface area contributed by atoms with Crippen LogP contribution in [0.3, 0.4) is 0 Å². The Labute approximate surface area is 142 Å². The molecule has 4 rings (SSSR count). The quantitative estimate of drug-likeness (QED) is 0.696. The van der Waals surface area contributed by atoms with E-state index in [1.807, 2.05) is 36.8 Å². The fourth-order valence-corrected chi connectivity index (χ4v) is 3.03. The number of rotatable bonds is 6. The van der Waals surface area contributed by atoms with Gasteiger partial charge in [-0.05, 0) is 30.5 Å². The van der Waals surface area contributed by atoms with Crippen molar-refractivity contribution < 1.29 is 0 Å². The molecule has 24 heavy (non-hydrogen) atoms. The van der Waals surface area contributed by atoms with Crippen molar-refractivity contribution in [2.24, 2.45) is 7.05 Å². The first-order chi connectivity index (χ1) is 11.8. The van der Waals surface area contributed by atoms with Crippen LogP contribution >= 0.6 is 0 Å². The lowest BCUT2D eigenvalue weighted by Gasteiger charge is -2.22. The Morgan fingerprint density at radius 1 is 1.00 bits per heavy atom. The zero-order valence-electron chi connectivity index (χ0n) is 14.0. The average molecular weight is 318 g/mol. The summed E-state index contributed by atoms with van der Waals surface area (Å²) in [5.74, 6) is 1.13. The fraction of sp³-hybridized carbons (Fsp3) is 0.300. The van der Waals surface area contributed by atoms with E-state index >= 15 is 0 Å². The molecule has 0 unspecified atom stereocenters.